The number of nitrogens with one attached hydrogen (secondary N) is 3. The molecule has 0 amide bonds. The van der Waals surface area contributed by atoms with Crippen molar-refractivity contribution < 1.29 is 0 Å². The molecule has 6 heterocycles. The summed E-state index contributed by atoms with van der Waals surface area (Å²) in [7, 11) is 0. The SMILES string of the molecule is CC(C)Nc1cncc(-c2ccc3[nH]nc(-c4cc5c(-c6ccccn6)ccnc5[nH]4)c3n2)c1. The number of H-pyrrole nitrogens is 2. The van der Waals surface area contributed by atoms with Gasteiger partial charge in [0.2, 0.25) is 0 Å². The van der Waals surface area contributed by atoms with E-state index in [1.165, 1.54) is 0 Å². The number of hydrogen-bond donors (Lipinski definition) is 3. The number of hydrogen-bond acceptors (Lipinski definition) is 6. The third-order valence-electron chi connectivity index (χ3n) is 5.62. The Morgan fingerprint density at radius 1 is 0.912 bits per heavy atom. The second kappa shape index (κ2) is 8.08. The number of anilines is 1. The van der Waals surface area contributed by atoms with E-state index in [1.54, 1.807) is 12.4 Å². The van der Waals surface area contributed by atoms with E-state index in [-0.39, 0.29) is 0 Å². The molecule has 0 aliphatic heterocycles. The maximum Gasteiger partial charge on any atom is 0.138 e. The lowest BCUT2D eigenvalue weighted by molar-refractivity contribution is 0.898. The average Bonchev–Trinajstić information content (AvgIpc) is 3.48. The first-order valence-electron chi connectivity index (χ1n) is 11.1. The average molecular weight is 447 g/mol. The zero-order valence-corrected chi connectivity index (χ0v) is 18.7. The topological polar surface area (TPSA) is 108 Å². The molecular formula is C26H22N8. The zero-order valence-electron chi connectivity index (χ0n) is 18.7. The van der Waals surface area contributed by atoms with E-state index in [4.69, 9.17) is 4.98 Å². The molecule has 8 heteroatoms. The van der Waals surface area contributed by atoms with Gasteiger partial charge in [0.25, 0.3) is 0 Å². The summed E-state index contributed by atoms with van der Waals surface area (Å²) in [6.45, 7) is 4.20. The molecule has 0 aliphatic rings. The number of fused-ring (bicyclic) bond motifs is 2. The Kier molecular flexibility index (Phi) is 4.76. The van der Waals surface area contributed by atoms with Gasteiger partial charge in [-0.3, -0.25) is 15.1 Å². The molecule has 8 nitrogen and oxygen atoms in total. The van der Waals surface area contributed by atoms with Crippen LogP contribution in [0.15, 0.2) is 73.3 Å². The van der Waals surface area contributed by atoms with Gasteiger partial charge in [0, 0.05) is 47.3 Å². The van der Waals surface area contributed by atoms with Crippen LogP contribution in [0.4, 0.5) is 5.69 Å². The normalized spacial score (nSPS) is 11.5. The maximum atomic E-state index is 4.94. The van der Waals surface area contributed by atoms with Gasteiger partial charge in [0.05, 0.1) is 28.3 Å². The molecule has 34 heavy (non-hydrogen) atoms. The third kappa shape index (κ3) is 3.55. The lowest BCUT2D eigenvalue weighted by atomic mass is 10.1. The third-order valence-corrected chi connectivity index (χ3v) is 5.62. The Balaban J connectivity index is 1.45. The van der Waals surface area contributed by atoms with E-state index < -0.39 is 0 Å². The lowest BCUT2D eigenvalue weighted by Crippen LogP contribution is -2.09. The van der Waals surface area contributed by atoms with Crippen LogP contribution in [0, 0.1) is 0 Å². The van der Waals surface area contributed by atoms with Gasteiger partial charge >= 0.3 is 0 Å². The van der Waals surface area contributed by atoms with Crippen LogP contribution in [0.5, 0.6) is 0 Å². The molecule has 0 bridgehead atoms. The molecule has 166 valence electrons. The summed E-state index contributed by atoms with van der Waals surface area (Å²) in [5.41, 5.74) is 8.66. The fraction of sp³-hybridized carbons (Fsp3) is 0.115. The van der Waals surface area contributed by atoms with Crippen molar-refractivity contribution in [1.29, 1.82) is 0 Å². The minimum absolute atomic E-state index is 0.319. The molecule has 0 saturated carbocycles. The molecule has 0 atom stereocenters. The van der Waals surface area contributed by atoms with Gasteiger partial charge in [0.15, 0.2) is 0 Å². The Morgan fingerprint density at radius 3 is 2.71 bits per heavy atom. The monoisotopic (exact) mass is 446 g/mol. The largest absolute Gasteiger partial charge is 0.382 e. The molecule has 3 N–H and O–H groups in total. The van der Waals surface area contributed by atoms with Crippen molar-refractivity contribution in [3.05, 3.63) is 73.3 Å². The summed E-state index contributed by atoms with van der Waals surface area (Å²) in [4.78, 5) is 21.8. The Labute approximate surface area is 195 Å². The van der Waals surface area contributed by atoms with Crippen LogP contribution in [0.3, 0.4) is 0 Å². The van der Waals surface area contributed by atoms with Crippen LogP contribution in [0.25, 0.3) is 56.0 Å². The summed E-state index contributed by atoms with van der Waals surface area (Å²) < 4.78 is 0. The van der Waals surface area contributed by atoms with Gasteiger partial charge in [-0.05, 0) is 56.3 Å². The molecule has 0 aliphatic carbocycles. The molecule has 0 aromatic carbocycles. The molecular weight excluding hydrogens is 424 g/mol. The standard InChI is InChI=1S/C26H22N8/c1-15(2)30-17-11-16(13-27-14-17)20-6-7-22-24(31-20)25(34-33-22)23-12-19-18(8-10-29-26(19)32-23)21-5-3-4-9-28-21/h3-15,30H,1-2H3,(H,29,32)(H,33,34). The quantitative estimate of drug-likeness (QED) is 0.325. The smallest absolute Gasteiger partial charge is 0.138 e. The highest BCUT2D eigenvalue weighted by Gasteiger charge is 2.16. The first kappa shape index (κ1) is 20.0. The van der Waals surface area contributed by atoms with Crippen LogP contribution in [0.1, 0.15) is 13.8 Å². The van der Waals surface area contributed by atoms with Crippen LogP contribution in [0.2, 0.25) is 0 Å². The zero-order chi connectivity index (χ0) is 23.1. The Morgan fingerprint density at radius 2 is 1.85 bits per heavy atom. The van der Waals surface area contributed by atoms with Crippen LogP contribution in [-0.4, -0.2) is 41.2 Å². The predicted octanol–water partition coefficient (Wildman–Crippen LogP) is 5.45. The number of nitrogens with zero attached hydrogens (tertiary/aromatic N) is 5. The molecule has 6 aromatic heterocycles. The van der Waals surface area contributed by atoms with Gasteiger partial charge in [-0.2, -0.15) is 5.10 Å². The van der Waals surface area contributed by atoms with Gasteiger partial charge in [-0.1, -0.05) is 6.07 Å². The van der Waals surface area contributed by atoms with Crippen molar-refractivity contribution in [3.8, 4) is 33.9 Å². The van der Waals surface area contributed by atoms with Crippen molar-refractivity contribution in [3.63, 3.8) is 0 Å². The predicted molar refractivity (Wildman–Crippen MR) is 134 cm³/mol. The van der Waals surface area contributed by atoms with Gasteiger partial charge in [0.1, 0.15) is 16.9 Å². The van der Waals surface area contributed by atoms with Gasteiger partial charge in [-0.25, -0.2) is 9.97 Å². The highest BCUT2D eigenvalue weighted by atomic mass is 15.1. The molecule has 0 spiro atoms. The number of aromatic nitrogens is 7. The van der Waals surface area contributed by atoms with Gasteiger partial charge < -0.3 is 10.3 Å². The maximum absolute atomic E-state index is 4.94. The van der Waals surface area contributed by atoms with Crippen molar-refractivity contribution in [2.24, 2.45) is 0 Å². The second-order valence-electron chi connectivity index (χ2n) is 8.44. The van der Waals surface area contributed by atoms with Crippen LogP contribution >= 0.6 is 0 Å². The molecule has 0 fully saturated rings. The number of pyridine rings is 4. The summed E-state index contributed by atoms with van der Waals surface area (Å²) in [6.07, 6.45) is 7.23. The van der Waals surface area contributed by atoms with E-state index in [2.05, 4.69) is 61.4 Å². The fourth-order valence-electron chi connectivity index (χ4n) is 4.14. The highest BCUT2D eigenvalue weighted by molar-refractivity contribution is 5.98. The van der Waals surface area contributed by atoms with Crippen molar-refractivity contribution >= 4 is 27.8 Å². The fourth-order valence-corrected chi connectivity index (χ4v) is 4.14. The Hall–Kier alpha value is -4.59. The molecule has 0 saturated heterocycles. The van der Waals surface area contributed by atoms with Gasteiger partial charge in [-0.15, -0.1) is 0 Å². The highest BCUT2D eigenvalue weighted by Crippen LogP contribution is 2.32. The molecule has 0 radical (unpaired) electrons. The van der Waals surface area contributed by atoms with Crippen LogP contribution in [-0.2, 0) is 0 Å². The van der Waals surface area contributed by atoms with Crippen molar-refractivity contribution in [1.82, 2.24) is 35.1 Å². The van der Waals surface area contributed by atoms with E-state index in [0.717, 1.165) is 61.7 Å². The summed E-state index contributed by atoms with van der Waals surface area (Å²) >= 11 is 0. The molecule has 0 unspecified atom stereocenters. The Bertz CT molecular complexity index is 1610. The van der Waals surface area contributed by atoms with Crippen molar-refractivity contribution in [2.75, 3.05) is 5.32 Å². The second-order valence-corrected chi connectivity index (χ2v) is 8.44. The first-order chi connectivity index (χ1) is 16.7. The lowest BCUT2D eigenvalue weighted by Gasteiger charge is -2.10. The summed E-state index contributed by atoms with van der Waals surface area (Å²) in [5, 5.41) is 12.0. The number of rotatable bonds is 5. The van der Waals surface area contributed by atoms with E-state index >= 15 is 0 Å². The van der Waals surface area contributed by atoms with E-state index in [0.29, 0.717) is 6.04 Å². The summed E-state index contributed by atoms with van der Waals surface area (Å²) in [6, 6.07) is 16.3. The summed E-state index contributed by atoms with van der Waals surface area (Å²) in [5.74, 6) is 0. The van der Waals surface area contributed by atoms with E-state index in [1.807, 2.05) is 48.8 Å². The first-order valence-corrected chi connectivity index (χ1v) is 11.1. The minimum Gasteiger partial charge on any atom is -0.382 e. The minimum atomic E-state index is 0.319. The van der Waals surface area contributed by atoms with Crippen LogP contribution < -0.4 is 5.32 Å². The molecule has 6 rings (SSSR count). The number of aromatic amines is 2. The van der Waals surface area contributed by atoms with E-state index in [9.17, 15) is 0 Å². The molecule has 6 aromatic rings. The van der Waals surface area contributed by atoms with Crippen molar-refractivity contribution in [2.45, 2.75) is 19.9 Å².